The summed E-state index contributed by atoms with van der Waals surface area (Å²) in [5.74, 6) is -0.555. The fraction of sp³-hybridized carbons (Fsp3) is 0.667. The van der Waals surface area contributed by atoms with Crippen molar-refractivity contribution < 1.29 is 17.9 Å². The maximum atomic E-state index is 12.5. The molecule has 0 amide bonds. The van der Waals surface area contributed by atoms with Crippen LogP contribution in [0.3, 0.4) is 0 Å². The highest BCUT2D eigenvalue weighted by Gasteiger charge is 2.41. The van der Waals surface area contributed by atoms with Gasteiger partial charge in [0.05, 0.1) is 17.0 Å². The van der Waals surface area contributed by atoms with Crippen molar-refractivity contribution in [2.75, 3.05) is 26.3 Å². The van der Waals surface area contributed by atoms with Crippen LogP contribution in [0.25, 0.3) is 0 Å². The molecule has 20 heavy (non-hydrogen) atoms. The van der Waals surface area contributed by atoms with Gasteiger partial charge in [-0.15, -0.1) is 11.3 Å². The van der Waals surface area contributed by atoms with Crippen molar-refractivity contribution in [2.24, 2.45) is 0 Å². The molecule has 0 unspecified atom stereocenters. The number of thiophene rings is 1. The predicted molar refractivity (Wildman–Crippen MR) is 79.3 cm³/mol. The number of hydrogen-bond donors (Lipinski definition) is 0. The van der Waals surface area contributed by atoms with Crippen LogP contribution in [0.1, 0.15) is 19.3 Å². The smallest absolute Gasteiger partial charge is 0.252 e. The zero-order valence-corrected chi connectivity index (χ0v) is 14.1. The Hall–Kier alpha value is 0.01000. The van der Waals surface area contributed by atoms with Crippen molar-refractivity contribution in [3.05, 3.63) is 15.9 Å². The van der Waals surface area contributed by atoms with E-state index in [-0.39, 0.29) is 0 Å². The number of halogens is 1. The second-order valence-corrected chi connectivity index (χ2v) is 9.55. The number of piperidine rings is 1. The van der Waals surface area contributed by atoms with Crippen LogP contribution >= 0.6 is 27.3 Å². The van der Waals surface area contributed by atoms with E-state index in [1.54, 1.807) is 12.1 Å². The second kappa shape index (κ2) is 5.66. The van der Waals surface area contributed by atoms with Gasteiger partial charge in [0, 0.05) is 25.9 Å². The van der Waals surface area contributed by atoms with Crippen LogP contribution in [0, 0.1) is 0 Å². The normalized spacial score (nSPS) is 24.1. The predicted octanol–water partition coefficient (Wildman–Crippen LogP) is 2.43. The molecule has 3 heterocycles. The third-order valence-corrected chi connectivity index (χ3v) is 7.64. The minimum Gasteiger partial charge on any atom is -0.350 e. The molecule has 1 aromatic heterocycles. The fourth-order valence-electron chi connectivity index (χ4n) is 2.54. The lowest BCUT2D eigenvalue weighted by Gasteiger charge is -2.42. The van der Waals surface area contributed by atoms with Gasteiger partial charge in [0.2, 0.25) is 0 Å². The first-order valence-electron chi connectivity index (χ1n) is 6.55. The van der Waals surface area contributed by atoms with E-state index in [9.17, 15) is 8.42 Å². The molecule has 0 aliphatic carbocycles. The minimum absolute atomic E-state index is 0.380. The van der Waals surface area contributed by atoms with Gasteiger partial charge >= 0.3 is 0 Å². The molecule has 1 spiro atoms. The van der Waals surface area contributed by atoms with Crippen molar-refractivity contribution in [1.29, 1.82) is 0 Å². The lowest BCUT2D eigenvalue weighted by atomic mass is 10.0. The van der Waals surface area contributed by atoms with Crippen LogP contribution in [0.5, 0.6) is 0 Å². The summed E-state index contributed by atoms with van der Waals surface area (Å²) < 4.78 is 39.2. The van der Waals surface area contributed by atoms with E-state index in [0.29, 0.717) is 43.4 Å². The quantitative estimate of drug-likeness (QED) is 0.789. The lowest BCUT2D eigenvalue weighted by Crippen LogP contribution is -2.51. The van der Waals surface area contributed by atoms with Crippen LogP contribution in [0.15, 0.2) is 20.1 Å². The molecule has 8 heteroatoms. The summed E-state index contributed by atoms with van der Waals surface area (Å²) in [6.07, 6.45) is 2.10. The maximum absolute atomic E-state index is 12.5. The first kappa shape index (κ1) is 14.9. The van der Waals surface area contributed by atoms with Gasteiger partial charge < -0.3 is 9.47 Å². The van der Waals surface area contributed by atoms with Crippen molar-refractivity contribution >= 4 is 37.3 Å². The molecule has 0 aromatic carbocycles. The van der Waals surface area contributed by atoms with Crippen LogP contribution < -0.4 is 0 Å². The van der Waals surface area contributed by atoms with Gasteiger partial charge in [-0.2, -0.15) is 4.31 Å². The Bertz CT molecular complexity index is 570. The number of hydrogen-bond acceptors (Lipinski definition) is 5. The molecule has 112 valence electrons. The zero-order chi connectivity index (χ0) is 14.2. The Morgan fingerprint density at radius 3 is 2.40 bits per heavy atom. The van der Waals surface area contributed by atoms with E-state index in [0.717, 1.165) is 10.2 Å². The molecule has 2 saturated heterocycles. The fourth-order valence-corrected chi connectivity index (χ4v) is 6.14. The Kier molecular flexibility index (Phi) is 4.22. The Morgan fingerprint density at radius 1 is 1.20 bits per heavy atom. The number of rotatable bonds is 2. The van der Waals surface area contributed by atoms with E-state index < -0.39 is 15.8 Å². The minimum atomic E-state index is -3.39. The van der Waals surface area contributed by atoms with Crippen LogP contribution in [0.4, 0.5) is 0 Å². The molecule has 2 aliphatic heterocycles. The summed E-state index contributed by atoms with van der Waals surface area (Å²) in [6.45, 7) is 2.28. The summed E-state index contributed by atoms with van der Waals surface area (Å²) in [5, 5.41) is 0. The molecular weight excluding hydrogens is 366 g/mol. The molecule has 1 aromatic rings. The molecule has 0 radical (unpaired) electrons. The van der Waals surface area contributed by atoms with Crippen molar-refractivity contribution in [2.45, 2.75) is 29.3 Å². The van der Waals surface area contributed by atoms with E-state index in [1.165, 1.54) is 15.6 Å². The third kappa shape index (κ3) is 2.82. The highest BCUT2D eigenvalue weighted by Crippen LogP contribution is 2.34. The third-order valence-electron chi connectivity index (χ3n) is 3.65. The lowest BCUT2D eigenvalue weighted by molar-refractivity contribution is -0.280. The van der Waals surface area contributed by atoms with Crippen LogP contribution in [-0.2, 0) is 19.5 Å². The van der Waals surface area contributed by atoms with Crippen molar-refractivity contribution in [1.82, 2.24) is 4.31 Å². The van der Waals surface area contributed by atoms with E-state index in [4.69, 9.17) is 9.47 Å². The van der Waals surface area contributed by atoms with Crippen molar-refractivity contribution in [3.8, 4) is 0 Å². The average Bonchev–Trinajstić information content (AvgIpc) is 2.88. The topological polar surface area (TPSA) is 55.8 Å². The van der Waals surface area contributed by atoms with Gasteiger partial charge in [0.15, 0.2) is 5.79 Å². The molecule has 5 nitrogen and oxygen atoms in total. The molecule has 0 bridgehead atoms. The highest BCUT2D eigenvalue weighted by atomic mass is 79.9. The number of nitrogens with zero attached hydrogens (tertiary/aromatic N) is 1. The van der Waals surface area contributed by atoms with Crippen molar-refractivity contribution in [3.63, 3.8) is 0 Å². The van der Waals surface area contributed by atoms with Gasteiger partial charge in [-0.3, -0.25) is 0 Å². The highest BCUT2D eigenvalue weighted by molar-refractivity contribution is 9.11. The van der Waals surface area contributed by atoms with Gasteiger partial charge in [0.1, 0.15) is 4.21 Å². The molecule has 2 aliphatic rings. The molecular formula is C12H16BrNO4S2. The monoisotopic (exact) mass is 381 g/mol. The molecule has 0 saturated carbocycles. The standard InChI is InChI=1S/C12H16BrNO4S2/c13-10-2-3-11(19-10)20(15,16)14-6-4-12(5-7-14)17-8-1-9-18-12/h2-3H,1,4-9H2. The summed E-state index contributed by atoms with van der Waals surface area (Å²) in [6, 6.07) is 3.40. The van der Waals surface area contributed by atoms with Gasteiger partial charge in [-0.05, 0) is 34.5 Å². The van der Waals surface area contributed by atoms with Crippen LogP contribution in [-0.4, -0.2) is 44.8 Å². The van der Waals surface area contributed by atoms with Gasteiger partial charge in [-0.1, -0.05) is 0 Å². The number of ether oxygens (including phenoxy) is 2. The van der Waals surface area contributed by atoms with Gasteiger partial charge in [-0.25, -0.2) is 8.42 Å². The van der Waals surface area contributed by atoms with E-state index >= 15 is 0 Å². The molecule has 3 rings (SSSR count). The average molecular weight is 382 g/mol. The largest absolute Gasteiger partial charge is 0.350 e. The van der Waals surface area contributed by atoms with E-state index in [1.807, 2.05) is 0 Å². The molecule has 2 fully saturated rings. The summed E-state index contributed by atoms with van der Waals surface area (Å²) in [4.78, 5) is 0. The summed E-state index contributed by atoms with van der Waals surface area (Å²) >= 11 is 4.54. The Balaban J connectivity index is 1.71. The Labute approximate surface area is 131 Å². The Morgan fingerprint density at radius 2 is 1.85 bits per heavy atom. The zero-order valence-electron chi connectivity index (χ0n) is 10.9. The molecule has 0 atom stereocenters. The molecule has 0 N–H and O–H groups in total. The van der Waals surface area contributed by atoms with Crippen LogP contribution in [0.2, 0.25) is 0 Å². The SMILES string of the molecule is O=S(=O)(c1ccc(Br)s1)N1CCC2(CC1)OCCCO2. The first-order chi connectivity index (χ1) is 9.52. The summed E-state index contributed by atoms with van der Waals surface area (Å²) in [7, 11) is -3.39. The van der Waals surface area contributed by atoms with Gasteiger partial charge in [0.25, 0.3) is 10.0 Å². The van der Waals surface area contributed by atoms with E-state index in [2.05, 4.69) is 15.9 Å². The second-order valence-electron chi connectivity index (χ2n) is 4.92. The maximum Gasteiger partial charge on any atom is 0.252 e. The summed E-state index contributed by atoms with van der Waals surface area (Å²) in [5.41, 5.74) is 0. The first-order valence-corrected chi connectivity index (χ1v) is 9.60. The number of sulfonamides is 1.